The second kappa shape index (κ2) is 11.6. The van der Waals surface area contributed by atoms with Crippen molar-refractivity contribution in [1.29, 1.82) is 0 Å². The van der Waals surface area contributed by atoms with Crippen molar-refractivity contribution in [3.05, 3.63) is 32.7 Å². The zero-order valence-corrected chi connectivity index (χ0v) is 27.0. The summed E-state index contributed by atoms with van der Waals surface area (Å²) < 4.78 is 8.46. The number of carbonyl (C=O) groups excluding carboxylic acids is 3. The Kier molecular flexibility index (Phi) is 8.07. The van der Waals surface area contributed by atoms with E-state index in [1.807, 2.05) is 0 Å². The van der Waals surface area contributed by atoms with Crippen molar-refractivity contribution in [1.82, 2.24) is 29.4 Å². The number of carbonyl (C=O) groups is 3. The third-order valence-electron chi connectivity index (χ3n) is 10.4. The van der Waals surface area contributed by atoms with Gasteiger partial charge in [0.05, 0.1) is 34.3 Å². The molecule has 1 saturated heterocycles. The molecular formula is C30H41ClN8O6. The topological polar surface area (TPSA) is 158 Å². The first kappa shape index (κ1) is 31.3. The van der Waals surface area contributed by atoms with Gasteiger partial charge in [0.15, 0.2) is 5.02 Å². The molecule has 3 atom stereocenters. The average molecular weight is 645 g/mol. The maximum absolute atomic E-state index is 13.6. The third-order valence-corrected chi connectivity index (χ3v) is 10.8. The van der Waals surface area contributed by atoms with Gasteiger partial charge in [-0.15, -0.1) is 0 Å². The molecule has 15 heteroatoms. The van der Waals surface area contributed by atoms with Crippen LogP contribution in [0.5, 0.6) is 0 Å². The Hall–Kier alpha value is -3.68. The van der Waals surface area contributed by atoms with Gasteiger partial charge < -0.3 is 30.0 Å². The van der Waals surface area contributed by atoms with E-state index in [0.29, 0.717) is 68.1 Å². The number of hydrogen-bond acceptors (Lipinski definition) is 8. The molecule has 0 radical (unpaired) electrons. The van der Waals surface area contributed by atoms with Crippen LogP contribution in [0.4, 0.5) is 16.3 Å². The van der Waals surface area contributed by atoms with Gasteiger partial charge in [0.1, 0.15) is 6.04 Å². The Morgan fingerprint density at radius 3 is 2.36 bits per heavy atom. The van der Waals surface area contributed by atoms with Crippen LogP contribution in [0.25, 0.3) is 0 Å². The van der Waals surface area contributed by atoms with Crippen LogP contribution < -0.4 is 5.32 Å². The lowest BCUT2D eigenvalue weighted by molar-refractivity contribution is -0.389. The van der Waals surface area contributed by atoms with Crippen molar-refractivity contribution in [3.8, 4) is 0 Å². The normalized spacial score (nSPS) is 27.8. The fourth-order valence-corrected chi connectivity index (χ4v) is 9.13. The highest BCUT2D eigenvalue weighted by Crippen LogP contribution is 2.65. The number of aryl methyl sites for hydroxylation is 1. The number of hydrogen-bond donors (Lipinski definition) is 1. The maximum Gasteiger partial charge on any atom is 0.409 e. The van der Waals surface area contributed by atoms with E-state index in [0.717, 1.165) is 38.5 Å². The first-order valence-electron chi connectivity index (χ1n) is 15.8. The molecule has 1 aliphatic heterocycles. The summed E-state index contributed by atoms with van der Waals surface area (Å²) in [6.07, 6.45) is 7.18. The molecular weight excluding hydrogens is 604 g/mol. The fraction of sp³-hybridized carbons (Fsp3) is 0.700. The molecule has 1 N–H and O–H groups in total. The van der Waals surface area contributed by atoms with Gasteiger partial charge in [0, 0.05) is 38.8 Å². The minimum Gasteiger partial charge on any atom is -0.450 e. The fourth-order valence-electron chi connectivity index (χ4n) is 8.94. The predicted molar refractivity (Wildman–Crippen MR) is 164 cm³/mol. The number of nitro groups is 1. The monoisotopic (exact) mass is 644 g/mol. The number of nitrogens with one attached hydrogen (secondary N) is 1. The van der Waals surface area contributed by atoms with Gasteiger partial charge in [0.25, 0.3) is 0 Å². The molecule has 244 valence electrons. The Morgan fingerprint density at radius 1 is 1.11 bits per heavy atom. The second-order valence-corrected chi connectivity index (χ2v) is 14.0. The van der Waals surface area contributed by atoms with Gasteiger partial charge >= 0.3 is 11.9 Å². The van der Waals surface area contributed by atoms with Gasteiger partial charge in [-0.2, -0.15) is 9.78 Å². The summed E-state index contributed by atoms with van der Waals surface area (Å²) in [7, 11) is 0. The molecule has 2 aromatic rings. The average Bonchev–Trinajstić information content (AvgIpc) is 3.50. The van der Waals surface area contributed by atoms with Gasteiger partial charge in [-0.1, -0.05) is 11.6 Å². The number of nitrogens with zero attached hydrogens (tertiary/aromatic N) is 7. The molecule has 4 bridgehead atoms. The highest BCUT2D eigenvalue weighted by atomic mass is 35.5. The number of ether oxygens (including phenoxy) is 1. The summed E-state index contributed by atoms with van der Waals surface area (Å²) in [6, 6.07) is -0.584. The lowest BCUT2D eigenvalue weighted by Crippen LogP contribution is -2.57. The lowest BCUT2D eigenvalue weighted by Gasteiger charge is -2.61. The van der Waals surface area contributed by atoms with Crippen molar-refractivity contribution in [2.75, 3.05) is 38.1 Å². The van der Waals surface area contributed by atoms with E-state index >= 15 is 0 Å². The standard InChI is InChI=1S/C30H41ClN8O6/c1-5-45-28(42)36-8-6-35(7-9-36)27(41)20(4)37-16-23(18(2)33-37)32-24(40)15-29-11-21-10-22(12-29)14-30(13-21,17-29)38-19(3)25(31)26(34-38)39(43)44/h16,20-22H,5-15,17H2,1-4H3,(H,32,40). The second-order valence-electron chi connectivity index (χ2n) is 13.6. The van der Waals surface area contributed by atoms with E-state index in [1.54, 1.807) is 53.1 Å². The number of anilines is 1. The van der Waals surface area contributed by atoms with Crippen LogP contribution in [0, 0.1) is 41.2 Å². The van der Waals surface area contributed by atoms with Crippen molar-refractivity contribution >= 4 is 41.0 Å². The Labute approximate surface area is 266 Å². The van der Waals surface area contributed by atoms with Crippen molar-refractivity contribution in [2.45, 2.75) is 84.2 Å². The zero-order chi connectivity index (χ0) is 32.3. The molecule has 45 heavy (non-hydrogen) atoms. The molecule has 3 heterocycles. The summed E-state index contributed by atoms with van der Waals surface area (Å²) in [5.74, 6) is 0.333. The van der Waals surface area contributed by atoms with Crippen LogP contribution in [0.1, 0.15) is 76.2 Å². The van der Waals surface area contributed by atoms with Gasteiger partial charge in [-0.05, 0) is 88.4 Å². The van der Waals surface area contributed by atoms with E-state index in [9.17, 15) is 24.5 Å². The molecule has 4 saturated carbocycles. The number of aromatic nitrogens is 4. The lowest BCUT2D eigenvalue weighted by atomic mass is 9.46. The summed E-state index contributed by atoms with van der Waals surface area (Å²) in [6.45, 7) is 9.08. The highest BCUT2D eigenvalue weighted by Gasteiger charge is 2.61. The van der Waals surface area contributed by atoms with Crippen LogP contribution in [-0.2, 0) is 19.9 Å². The van der Waals surface area contributed by atoms with E-state index < -0.39 is 11.0 Å². The predicted octanol–water partition coefficient (Wildman–Crippen LogP) is 4.44. The van der Waals surface area contributed by atoms with E-state index in [2.05, 4.69) is 15.5 Å². The largest absolute Gasteiger partial charge is 0.450 e. The van der Waals surface area contributed by atoms with E-state index in [4.69, 9.17) is 16.3 Å². The van der Waals surface area contributed by atoms with Gasteiger partial charge in [-0.25, -0.2) is 4.79 Å². The first-order chi connectivity index (χ1) is 21.3. The van der Waals surface area contributed by atoms with E-state index in [-0.39, 0.29) is 39.7 Å². The molecule has 0 spiro atoms. The van der Waals surface area contributed by atoms with Crippen LogP contribution >= 0.6 is 11.6 Å². The molecule has 14 nitrogen and oxygen atoms in total. The number of piperazine rings is 1. The van der Waals surface area contributed by atoms with Gasteiger partial charge in [0.2, 0.25) is 11.8 Å². The number of rotatable bonds is 8. The van der Waals surface area contributed by atoms with Crippen LogP contribution in [0.2, 0.25) is 5.02 Å². The third kappa shape index (κ3) is 5.66. The smallest absolute Gasteiger partial charge is 0.409 e. The quantitative estimate of drug-likeness (QED) is 0.326. The SMILES string of the molecule is CCOC(=O)N1CCN(C(=O)C(C)n2cc(NC(=O)CC34CC5CC(C3)CC(n3nc([N+](=O)[O-])c(Cl)c3C)(C5)C4)c(C)n2)CC1. The molecule has 7 rings (SSSR count). The Morgan fingerprint density at radius 2 is 1.76 bits per heavy atom. The number of amides is 3. The van der Waals surface area contributed by atoms with Gasteiger partial charge in [-0.3, -0.25) is 14.3 Å². The molecule has 5 aliphatic rings. The van der Waals surface area contributed by atoms with Crippen molar-refractivity contribution in [3.63, 3.8) is 0 Å². The zero-order valence-electron chi connectivity index (χ0n) is 26.3. The minimum absolute atomic E-state index is 0.0849. The number of halogens is 1. The first-order valence-corrected chi connectivity index (χ1v) is 16.2. The summed E-state index contributed by atoms with van der Waals surface area (Å²) in [5, 5.41) is 23.7. The summed E-state index contributed by atoms with van der Waals surface area (Å²) in [5.41, 5.74) is 1.18. The summed E-state index contributed by atoms with van der Waals surface area (Å²) in [4.78, 5) is 53.3. The van der Waals surface area contributed by atoms with Crippen LogP contribution in [0.3, 0.4) is 0 Å². The molecule has 3 amide bonds. The van der Waals surface area contributed by atoms with Crippen molar-refractivity contribution < 1.29 is 24.0 Å². The highest BCUT2D eigenvalue weighted by molar-refractivity contribution is 6.33. The minimum atomic E-state index is -0.584. The van der Waals surface area contributed by atoms with E-state index in [1.165, 1.54) is 0 Å². The molecule has 2 aromatic heterocycles. The van der Waals surface area contributed by atoms with Crippen LogP contribution in [0.15, 0.2) is 6.20 Å². The molecule has 3 unspecified atom stereocenters. The Bertz CT molecular complexity index is 1510. The summed E-state index contributed by atoms with van der Waals surface area (Å²) >= 11 is 6.35. The molecule has 0 aromatic carbocycles. The van der Waals surface area contributed by atoms with Crippen LogP contribution in [-0.4, -0.2) is 85.0 Å². The molecule has 4 aliphatic carbocycles. The van der Waals surface area contributed by atoms with Crippen molar-refractivity contribution in [2.24, 2.45) is 17.3 Å². The maximum atomic E-state index is 13.6. The molecule has 5 fully saturated rings. The Balaban J connectivity index is 1.12.